The van der Waals surface area contributed by atoms with E-state index in [0.717, 1.165) is 0 Å². The molecular formula is C10H13N3O3. The van der Waals surface area contributed by atoms with Crippen molar-refractivity contribution in [3.8, 4) is 0 Å². The maximum atomic E-state index is 11.3. The number of methoxy groups -OCH3 is 1. The van der Waals surface area contributed by atoms with E-state index in [1.165, 1.54) is 7.11 Å². The third-order valence-electron chi connectivity index (χ3n) is 1.77. The highest BCUT2D eigenvalue weighted by atomic mass is 16.5. The van der Waals surface area contributed by atoms with Crippen LogP contribution in [0.1, 0.15) is 0 Å². The molecular weight excluding hydrogens is 210 g/mol. The van der Waals surface area contributed by atoms with Crippen LogP contribution in [0.5, 0.6) is 0 Å². The normalized spacial score (nSPS) is 9.31. The fourth-order valence-corrected chi connectivity index (χ4v) is 1.02. The minimum absolute atomic E-state index is 0.176. The first kappa shape index (κ1) is 11.8. The molecule has 4 N–H and O–H groups in total. The molecule has 0 aromatic heterocycles. The zero-order valence-corrected chi connectivity index (χ0v) is 8.82. The van der Waals surface area contributed by atoms with Crippen molar-refractivity contribution in [1.29, 1.82) is 0 Å². The van der Waals surface area contributed by atoms with Gasteiger partial charge in [0.25, 0.3) is 0 Å². The van der Waals surface area contributed by atoms with Crippen LogP contribution >= 0.6 is 0 Å². The van der Waals surface area contributed by atoms with Gasteiger partial charge < -0.3 is 21.1 Å². The number of urea groups is 1. The quantitative estimate of drug-likeness (QED) is 0.515. The first-order valence-corrected chi connectivity index (χ1v) is 4.59. The molecule has 0 atom stereocenters. The number of esters is 1. The molecule has 6 heteroatoms. The molecule has 0 saturated heterocycles. The lowest BCUT2D eigenvalue weighted by Gasteiger charge is -2.06. The van der Waals surface area contributed by atoms with Gasteiger partial charge in [0.15, 0.2) is 0 Å². The minimum Gasteiger partial charge on any atom is -0.468 e. The van der Waals surface area contributed by atoms with Crippen molar-refractivity contribution in [2.45, 2.75) is 0 Å². The average Bonchev–Trinajstić information content (AvgIpc) is 2.26. The van der Waals surface area contributed by atoms with Crippen LogP contribution in [0.2, 0.25) is 0 Å². The van der Waals surface area contributed by atoms with E-state index < -0.39 is 12.0 Å². The van der Waals surface area contributed by atoms with Gasteiger partial charge in [-0.15, -0.1) is 0 Å². The number of benzene rings is 1. The van der Waals surface area contributed by atoms with Crippen LogP contribution in [0.15, 0.2) is 24.3 Å². The number of carbonyl (C=O) groups excluding carboxylic acids is 2. The van der Waals surface area contributed by atoms with Gasteiger partial charge in [0.1, 0.15) is 6.54 Å². The lowest BCUT2D eigenvalue weighted by atomic mass is 10.3. The highest BCUT2D eigenvalue weighted by Crippen LogP contribution is 2.11. The van der Waals surface area contributed by atoms with Gasteiger partial charge in [0, 0.05) is 11.4 Å². The van der Waals surface area contributed by atoms with Crippen LogP contribution in [-0.2, 0) is 9.53 Å². The lowest BCUT2D eigenvalue weighted by Crippen LogP contribution is -2.33. The molecule has 16 heavy (non-hydrogen) atoms. The molecule has 0 radical (unpaired) electrons. The molecule has 0 aliphatic carbocycles. The Hall–Kier alpha value is -2.24. The number of hydrogen-bond donors (Lipinski definition) is 3. The monoisotopic (exact) mass is 223 g/mol. The topological polar surface area (TPSA) is 93.4 Å². The third-order valence-corrected chi connectivity index (χ3v) is 1.77. The summed E-state index contributed by atoms with van der Waals surface area (Å²) in [7, 11) is 1.25. The van der Waals surface area contributed by atoms with Gasteiger partial charge in [0.05, 0.1) is 7.11 Å². The predicted octanol–water partition coefficient (Wildman–Crippen LogP) is 0.563. The standard InChI is InChI=1S/C10H13N3O3/c1-16-9(14)6-12-10(15)13-8-4-2-3-7(11)5-8/h2-5H,6,11H2,1H3,(H2,12,13,15). The van der Waals surface area contributed by atoms with Crippen LogP contribution in [0.3, 0.4) is 0 Å². The van der Waals surface area contributed by atoms with Gasteiger partial charge in [-0.3, -0.25) is 4.79 Å². The molecule has 0 fully saturated rings. The van der Waals surface area contributed by atoms with Crippen LogP contribution in [0.4, 0.5) is 16.2 Å². The number of amides is 2. The molecule has 0 saturated carbocycles. The Bertz CT molecular complexity index is 393. The number of nitrogens with one attached hydrogen (secondary N) is 2. The van der Waals surface area contributed by atoms with E-state index in [4.69, 9.17) is 5.73 Å². The Labute approximate surface area is 92.8 Å². The van der Waals surface area contributed by atoms with Crippen LogP contribution in [0.25, 0.3) is 0 Å². The van der Waals surface area contributed by atoms with E-state index in [1.54, 1.807) is 24.3 Å². The molecule has 1 rings (SSSR count). The number of nitrogens with two attached hydrogens (primary N) is 1. The Kier molecular flexibility index (Phi) is 4.14. The van der Waals surface area contributed by atoms with E-state index >= 15 is 0 Å². The van der Waals surface area contributed by atoms with Gasteiger partial charge in [0.2, 0.25) is 0 Å². The molecule has 86 valence electrons. The molecule has 0 heterocycles. The summed E-state index contributed by atoms with van der Waals surface area (Å²) < 4.78 is 4.37. The minimum atomic E-state index is -0.511. The second-order valence-electron chi connectivity index (χ2n) is 3.01. The van der Waals surface area contributed by atoms with E-state index in [2.05, 4.69) is 15.4 Å². The smallest absolute Gasteiger partial charge is 0.325 e. The zero-order valence-electron chi connectivity index (χ0n) is 8.82. The van der Waals surface area contributed by atoms with Crippen molar-refractivity contribution in [3.05, 3.63) is 24.3 Å². The van der Waals surface area contributed by atoms with Crippen molar-refractivity contribution in [1.82, 2.24) is 5.32 Å². The third kappa shape index (κ3) is 3.87. The van der Waals surface area contributed by atoms with Crippen LogP contribution in [0, 0.1) is 0 Å². The molecule has 0 unspecified atom stereocenters. The van der Waals surface area contributed by atoms with Crippen LogP contribution < -0.4 is 16.4 Å². The van der Waals surface area contributed by atoms with Gasteiger partial charge in [-0.05, 0) is 18.2 Å². The summed E-state index contributed by atoms with van der Waals surface area (Å²) in [6, 6.07) is 6.23. The lowest BCUT2D eigenvalue weighted by molar-refractivity contribution is -0.139. The van der Waals surface area contributed by atoms with E-state index in [9.17, 15) is 9.59 Å². The Morgan fingerprint density at radius 3 is 2.81 bits per heavy atom. The molecule has 0 aliphatic rings. The summed E-state index contributed by atoms with van der Waals surface area (Å²) in [4.78, 5) is 22.0. The number of anilines is 2. The highest BCUT2D eigenvalue weighted by molar-refractivity contribution is 5.91. The second kappa shape index (κ2) is 5.59. The summed E-state index contributed by atoms with van der Waals surface area (Å²) in [5.41, 5.74) is 6.64. The van der Waals surface area contributed by atoms with Crippen molar-refractivity contribution in [2.75, 3.05) is 24.7 Å². The van der Waals surface area contributed by atoms with E-state index in [0.29, 0.717) is 11.4 Å². The van der Waals surface area contributed by atoms with Crippen molar-refractivity contribution < 1.29 is 14.3 Å². The maximum absolute atomic E-state index is 11.3. The first-order chi connectivity index (χ1) is 7.61. The summed E-state index contributed by atoms with van der Waals surface area (Å²) in [6.45, 7) is -0.176. The van der Waals surface area contributed by atoms with Gasteiger partial charge in [-0.25, -0.2) is 4.79 Å². The number of carbonyl (C=O) groups is 2. The Morgan fingerprint density at radius 1 is 1.44 bits per heavy atom. The summed E-state index contributed by atoms with van der Waals surface area (Å²) in [6.07, 6.45) is 0. The second-order valence-corrected chi connectivity index (χ2v) is 3.01. The molecule has 0 spiro atoms. The van der Waals surface area contributed by atoms with Gasteiger partial charge in [-0.1, -0.05) is 6.07 Å². The fourth-order valence-electron chi connectivity index (χ4n) is 1.02. The Morgan fingerprint density at radius 2 is 2.19 bits per heavy atom. The summed E-state index contributed by atoms with van der Waals surface area (Å²) in [5.74, 6) is -0.511. The first-order valence-electron chi connectivity index (χ1n) is 4.59. The number of hydrogen-bond acceptors (Lipinski definition) is 4. The summed E-state index contributed by atoms with van der Waals surface area (Å²) in [5, 5.41) is 4.86. The van der Waals surface area contributed by atoms with Crippen molar-refractivity contribution in [3.63, 3.8) is 0 Å². The molecule has 0 aliphatic heterocycles. The largest absolute Gasteiger partial charge is 0.468 e. The fraction of sp³-hybridized carbons (Fsp3) is 0.200. The molecule has 1 aromatic carbocycles. The zero-order chi connectivity index (χ0) is 12.0. The molecule has 6 nitrogen and oxygen atoms in total. The summed E-state index contributed by atoms with van der Waals surface area (Å²) >= 11 is 0. The van der Waals surface area contributed by atoms with E-state index in [1.807, 2.05) is 0 Å². The van der Waals surface area contributed by atoms with Crippen molar-refractivity contribution in [2.24, 2.45) is 0 Å². The average molecular weight is 223 g/mol. The number of ether oxygens (including phenoxy) is 1. The molecule has 1 aromatic rings. The van der Waals surface area contributed by atoms with Gasteiger partial charge in [-0.2, -0.15) is 0 Å². The predicted molar refractivity (Wildman–Crippen MR) is 59.9 cm³/mol. The highest BCUT2D eigenvalue weighted by Gasteiger charge is 2.04. The number of nitrogen functional groups attached to an aromatic ring is 1. The molecule has 0 bridgehead atoms. The van der Waals surface area contributed by atoms with Crippen LogP contribution in [-0.4, -0.2) is 25.7 Å². The van der Waals surface area contributed by atoms with Gasteiger partial charge >= 0.3 is 12.0 Å². The van der Waals surface area contributed by atoms with Crippen molar-refractivity contribution >= 4 is 23.4 Å². The Balaban J connectivity index is 2.43. The number of rotatable bonds is 3. The van der Waals surface area contributed by atoms with E-state index in [-0.39, 0.29) is 6.54 Å². The maximum Gasteiger partial charge on any atom is 0.325 e. The SMILES string of the molecule is COC(=O)CNC(=O)Nc1cccc(N)c1. The molecule has 2 amide bonds.